The molecule has 2 aliphatic rings. The van der Waals surface area contributed by atoms with E-state index in [1.54, 1.807) is 37.3 Å². The number of rotatable bonds is 7. The van der Waals surface area contributed by atoms with E-state index in [-0.39, 0.29) is 24.8 Å². The molecule has 7 heteroatoms. The summed E-state index contributed by atoms with van der Waals surface area (Å²) in [5.74, 6) is -1.77. The maximum absolute atomic E-state index is 13.5. The van der Waals surface area contributed by atoms with Gasteiger partial charge in [-0.1, -0.05) is 67.8 Å². The lowest BCUT2D eigenvalue weighted by atomic mass is 9.94. The van der Waals surface area contributed by atoms with E-state index in [0.29, 0.717) is 5.56 Å². The Morgan fingerprint density at radius 1 is 0.971 bits per heavy atom. The summed E-state index contributed by atoms with van der Waals surface area (Å²) < 4.78 is 0. The molecule has 2 fully saturated rings. The molecular weight excluding hydrogens is 430 g/mol. The van der Waals surface area contributed by atoms with Crippen molar-refractivity contribution in [1.82, 2.24) is 15.5 Å². The number of imide groups is 1. The first kappa shape index (κ1) is 23.7. The molecule has 0 radical (unpaired) electrons. The van der Waals surface area contributed by atoms with Crippen molar-refractivity contribution in [1.29, 1.82) is 0 Å². The number of hydrogen-bond acceptors (Lipinski definition) is 4. The van der Waals surface area contributed by atoms with Crippen molar-refractivity contribution < 1.29 is 19.2 Å². The summed E-state index contributed by atoms with van der Waals surface area (Å²) in [7, 11) is 0. The van der Waals surface area contributed by atoms with Crippen LogP contribution in [0.15, 0.2) is 60.7 Å². The summed E-state index contributed by atoms with van der Waals surface area (Å²) in [5, 5.41) is 5.82. The van der Waals surface area contributed by atoms with Crippen molar-refractivity contribution in [2.75, 3.05) is 0 Å². The highest BCUT2D eigenvalue weighted by Gasteiger charge is 2.53. The van der Waals surface area contributed by atoms with Crippen LogP contribution in [0.3, 0.4) is 0 Å². The van der Waals surface area contributed by atoms with Gasteiger partial charge in [-0.3, -0.25) is 24.1 Å². The summed E-state index contributed by atoms with van der Waals surface area (Å²) in [6.07, 6.45) is 5.10. The summed E-state index contributed by atoms with van der Waals surface area (Å²) in [4.78, 5) is 53.9. The quantitative estimate of drug-likeness (QED) is 0.620. The zero-order chi connectivity index (χ0) is 24.1. The molecule has 1 heterocycles. The zero-order valence-corrected chi connectivity index (χ0v) is 19.5. The average molecular weight is 462 g/mol. The van der Waals surface area contributed by atoms with E-state index in [1.807, 2.05) is 30.3 Å². The molecule has 0 bridgehead atoms. The van der Waals surface area contributed by atoms with Crippen LogP contribution in [0.2, 0.25) is 0 Å². The lowest BCUT2D eigenvalue weighted by Gasteiger charge is -2.31. The van der Waals surface area contributed by atoms with Gasteiger partial charge in [-0.2, -0.15) is 0 Å². The minimum Gasteiger partial charge on any atom is -0.352 e. The Kier molecular flexibility index (Phi) is 7.10. The maximum atomic E-state index is 13.5. The molecule has 2 aromatic rings. The Balaban J connectivity index is 1.56. The first-order chi connectivity index (χ1) is 16.4. The number of nitrogens with zero attached hydrogens (tertiary/aromatic N) is 1. The second kappa shape index (κ2) is 10.2. The average Bonchev–Trinajstić information content (AvgIpc) is 3.06. The Labute approximate surface area is 199 Å². The number of carbonyl (C=O) groups excluding carboxylic acids is 4. The van der Waals surface area contributed by atoms with E-state index < -0.39 is 29.3 Å². The Hall–Kier alpha value is -3.48. The van der Waals surface area contributed by atoms with Crippen LogP contribution in [0.25, 0.3) is 0 Å². The van der Waals surface area contributed by atoms with Crippen LogP contribution in [0, 0.1) is 0 Å². The highest BCUT2D eigenvalue weighted by Crippen LogP contribution is 2.28. The van der Waals surface area contributed by atoms with Crippen molar-refractivity contribution in [2.24, 2.45) is 0 Å². The van der Waals surface area contributed by atoms with E-state index >= 15 is 0 Å². The molecule has 2 N–H and O–H groups in total. The van der Waals surface area contributed by atoms with Gasteiger partial charge < -0.3 is 10.6 Å². The molecule has 34 heavy (non-hydrogen) atoms. The molecular formula is C27H31N3O4. The fraction of sp³-hybridized carbons (Fsp3) is 0.407. The highest BCUT2D eigenvalue weighted by molar-refractivity contribution is 6.13. The molecule has 1 saturated carbocycles. The summed E-state index contributed by atoms with van der Waals surface area (Å²) in [6, 6.07) is 17.0. The molecule has 4 amide bonds. The van der Waals surface area contributed by atoms with Crippen LogP contribution < -0.4 is 10.6 Å². The van der Waals surface area contributed by atoms with Gasteiger partial charge in [0.25, 0.3) is 11.8 Å². The van der Waals surface area contributed by atoms with Gasteiger partial charge in [0.1, 0.15) is 11.6 Å². The summed E-state index contributed by atoms with van der Waals surface area (Å²) in [6.45, 7) is 1.55. The summed E-state index contributed by atoms with van der Waals surface area (Å²) >= 11 is 0. The monoisotopic (exact) mass is 461 g/mol. The normalized spacial score (nSPS) is 21.9. The van der Waals surface area contributed by atoms with Crippen LogP contribution >= 0.6 is 0 Å². The first-order valence-electron chi connectivity index (χ1n) is 12.0. The van der Waals surface area contributed by atoms with Crippen LogP contribution in [0.1, 0.15) is 61.4 Å². The van der Waals surface area contributed by atoms with E-state index in [0.717, 1.165) is 42.6 Å². The van der Waals surface area contributed by atoms with Gasteiger partial charge in [0.05, 0.1) is 6.42 Å². The van der Waals surface area contributed by atoms with Crippen molar-refractivity contribution in [2.45, 2.75) is 69.5 Å². The lowest BCUT2D eigenvalue weighted by molar-refractivity contribution is -0.148. The predicted molar refractivity (Wildman–Crippen MR) is 128 cm³/mol. The van der Waals surface area contributed by atoms with E-state index in [1.165, 1.54) is 0 Å². The SMILES string of the molecule is C[C@@]1(NC(=O)c2ccccc2)CC(=O)N([C@@H](Cc2ccccc2)C(=O)NC2CCCCC2)C1=O. The van der Waals surface area contributed by atoms with Gasteiger partial charge in [-0.15, -0.1) is 0 Å². The van der Waals surface area contributed by atoms with Crippen molar-refractivity contribution in [3.8, 4) is 0 Å². The second-order valence-corrected chi connectivity index (χ2v) is 9.45. The van der Waals surface area contributed by atoms with Crippen molar-refractivity contribution in [3.63, 3.8) is 0 Å². The van der Waals surface area contributed by atoms with E-state index in [9.17, 15) is 19.2 Å². The van der Waals surface area contributed by atoms with Gasteiger partial charge in [-0.05, 0) is 37.5 Å². The minimum absolute atomic E-state index is 0.0523. The Morgan fingerprint density at radius 3 is 2.24 bits per heavy atom. The zero-order valence-electron chi connectivity index (χ0n) is 19.5. The number of hydrogen-bond donors (Lipinski definition) is 2. The largest absolute Gasteiger partial charge is 0.352 e. The number of carbonyl (C=O) groups is 4. The third-order valence-corrected chi connectivity index (χ3v) is 6.73. The molecule has 2 atom stereocenters. The van der Waals surface area contributed by atoms with Gasteiger partial charge in [0.15, 0.2) is 0 Å². The molecule has 7 nitrogen and oxygen atoms in total. The van der Waals surface area contributed by atoms with Gasteiger partial charge in [0, 0.05) is 18.0 Å². The molecule has 1 saturated heterocycles. The maximum Gasteiger partial charge on any atom is 0.255 e. The molecule has 4 rings (SSSR count). The fourth-order valence-electron chi connectivity index (χ4n) is 4.85. The first-order valence-corrected chi connectivity index (χ1v) is 12.0. The summed E-state index contributed by atoms with van der Waals surface area (Å²) in [5.41, 5.74) is -0.156. The third kappa shape index (κ3) is 5.19. The van der Waals surface area contributed by atoms with Crippen LogP contribution in [-0.2, 0) is 20.8 Å². The molecule has 2 aromatic carbocycles. The standard InChI is InChI=1S/C27H31N3O4/c1-27(29-24(32)20-13-7-3-8-14-20)18-23(31)30(26(27)34)22(17-19-11-5-2-6-12-19)25(33)28-21-15-9-4-10-16-21/h2-3,5-8,11-14,21-22H,4,9-10,15-18H2,1H3,(H,28,33)(H,29,32)/t22-,27+/m0/s1. The molecule has 0 spiro atoms. The van der Waals surface area contributed by atoms with Crippen molar-refractivity contribution in [3.05, 3.63) is 71.8 Å². The molecule has 1 aliphatic carbocycles. The van der Waals surface area contributed by atoms with Crippen LogP contribution in [-0.4, -0.2) is 46.2 Å². The second-order valence-electron chi connectivity index (χ2n) is 9.45. The Morgan fingerprint density at radius 2 is 1.59 bits per heavy atom. The minimum atomic E-state index is -1.41. The van der Waals surface area contributed by atoms with Crippen molar-refractivity contribution >= 4 is 23.6 Å². The lowest BCUT2D eigenvalue weighted by Crippen LogP contribution is -2.57. The molecule has 0 aromatic heterocycles. The highest BCUT2D eigenvalue weighted by atomic mass is 16.2. The fourth-order valence-corrected chi connectivity index (χ4v) is 4.85. The number of nitrogens with one attached hydrogen (secondary N) is 2. The topological polar surface area (TPSA) is 95.6 Å². The van der Waals surface area contributed by atoms with Crippen LogP contribution in [0.4, 0.5) is 0 Å². The number of benzene rings is 2. The van der Waals surface area contributed by atoms with Gasteiger partial charge in [-0.25, -0.2) is 0 Å². The predicted octanol–water partition coefficient (Wildman–Crippen LogP) is 2.99. The number of likely N-dealkylation sites (tertiary alicyclic amines) is 1. The molecule has 0 unspecified atom stereocenters. The van der Waals surface area contributed by atoms with Gasteiger partial charge in [0.2, 0.25) is 11.8 Å². The van der Waals surface area contributed by atoms with E-state index in [4.69, 9.17) is 0 Å². The molecule has 178 valence electrons. The third-order valence-electron chi connectivity index (χ3n) is 6.73. The smallest absolute Gasteiger partial charge is 0.255 e. The molecule has 1 aliphatic heterocycles. The van der Waals surface area contributed by atoms with E-state index in [2.05, 4.69) is 10.6 Å². The Bertz CT molecular complexity index is 1050. The van der Waals surface area contributed by atoms with Crippen LogP contribution in [0.5, 0.6) is 0 Å². The number of amides is 4. The van der Waals surface area contributed by atoms with Gasteiger partial charge >= 0.3 is 0 Å².